The largest absolute Gasteiger partial charge is 0.350 e. The average Bonchev–Trinajstić information content (AvgIpc) is 2.69. The summed E-state index contributed by atoms with van der Waals surface area (Å²) in [5, 5.41) is 0. The molecule has 1 aromatic rings. The Balaban J connectivity index is 2.55. The van der Waals surface area contributed by atoms with E-state index >= 15 is 0 Å². The van der Waals surface area contributed by atoms with Crippen LogP contribution in [0.4, 0.5) is 0 Å². The molecule has 25 heavy (non-hydrogen) atoms. The van der Waals surface area contributed by atoms with Crippen LogP contribution < -0.4 is 4.72 Å². The summed E-state index contributed by atoms with van der Waals surface area (Å²) in [7, 11) is -1.99. The minimum absolute atomic E-state index is 0.122. The molecule has 1 aliphatic heterocycles. The summed E-state index contributed by atoms with van der Waals surface area (Å²) in [4.78, 5) is 15.1. The highest BCUT2D eigenvalue weighted by atomic mass is 32.2. The van der Waals surface area contributed by atoms with Crippen LogP contribution in [-0.4, -0.2) is 42.4 Å². The van der Waals surface area contributed by atoms with E-state index in [-0.39, 0.29) is 10.8 Å². The quantitative estimate of drug-likeness (QED) is 0.890. The zero-order valence-electron chi connectivity index (χ0n) is 16.3. The average molecular weight is 370 g/mol. The van der Waals surface area contributed by atoms with E-state index < -0.39 is 15.6 Å². The van der Waals surface area contributed by atoms with Crippen molar-refractivity contribution in [3.63, 3.8) is 0 Å². The molecule has 1 saturated heterocycles. The molecule has 0 atom stereocenters. The molecule has 0 spiro atoms. The first-order valence-electron chi connectivity index (χ1n) is 8.95. The number of carbonyl (C=O) groups is 1. The Morgan fingerprint density at radius 1 is 1.00 bits per heavy atom. The Morgan fingerprint density at radius 3 is 2.00 bits per heavy atom. The Labute approximate surface area is 151 Å². The number of amides is 1. The minimum atomic E-state index is -3.79. The number of hydrogen-bond donors (Lipinski definition) is 1. The van der Waals surface area contributed by atoms with E-state index in [1.54, 1.807) is 39.3 Å². The van der Waals surface area contributed by atoms with E-state index in [1.807, 2.05) is 11.8 Å². The van der Waals surface area contributed by atoms with Gasteiger partial charge in [0.25, 0.3) is 5.91 Å². The second kappa shape index (κ2) is 7.11. The molecule has 0 unspecified atom stereocenters. The number of rotatable bonds is 3. The Bertz CT molecular complexity index is 750. The molecule has 142 valence electrons. The van der Waals surface area contributed by atoms with Gasteiger partial charge in [-0.15, -0.1) is 0 Å². The van der Waals surface area contributed by atoms with Crippen LogP contribution in [0.25, 0.3) is 0 Å². The highest BCUT2D eigenvalue weighted by molar-refractivity contribution is 7.89. The smallest absolute Gasteiger partial charge is 0.257 e. The lowest BCUT2D eigenvalue weighted by atomic mass is 10.1. The summed E-state index contributed by atoms with van der Waals surface area (Å²) < 4.78 is 30.5. The first-order chi connectivity index (χ1) is 11.5. The number of carbonyl (C=O) groups excluding carboxylic acids is 1. The van der Waals surface area contributed by atoms with Crippen molar-refractivity contribution in [1.29, 1.82) is 0 Å². The SMILES string of the molecule is Cc1c(C(=O)N2CCCCCC2)c(S(=O)(=O)NC(C)(C)C)c(C)n1C. The molecule has 0 radical (unpaired) electrons. The monoisotopic (exact) mass is 369 g/mol. The maximum atomic E-state index is 13.2. The maximum Gasteiger partial charge on any atom is 0.257 e. The molecule has 1 aromatic heterocycles. The molecule has 2 rings (SSSR count). The fraction of sp³-hybridized carbons (Fsp3) is 0.722. The lowest BCUT2D eigenvalue weighted by Crippen LogP contribution is -2.41. The summed E-state index contributed by atoms with van der Waals surface area (Å²) in [5.74, 6) is -0.169. The normalized spacial score (nSPS) is 16.8. The van der Waals surface area contributed by atoms with Crippen molar-refractivity contribution >= 4 is 15.9 Å². The third-order valence-corrected chi connectivity index (χ3v) is 6.66. The number of nitrogens with zero attached hydrogens (tertiary/aromatic N) is 2. The van der Waals surface area contributed by atoms with Crippen molar-refractivity contribution in [2.45, 2.75) is 70.7 Å². The second-order valence-electron chi connectivity index (χ2n) is 8.00. The van der Waals surface area contributed by atoms with Gasteiger partial charge in [0.05, 0.1) is 5.56 Å². The van der Waals surface area contributed by atoms with Crippen LogP contribution >= 0.6 is 0 Å². The Kier molecular flexibility index (Phi) is 5.68. The lowest BCUT2D eigenvalue weighted by Gasteiger charge is -2.23. The van der Waals surface area contributed by atoms with Gasteiger partial charge in [0.15, 0.2) is 0 Å². The highest BCUT2D eigenvalue weighted by Gasteiger charge is 2.34. The van der Waals surface area contributed by atoms with Crippen molar-refractivity contribution in [3.8, 4) is 0 Å². The number of nitrogens with one attached hydrogen (secondary N) is 1. The van der Waals surface area contributed by atoms with Crippen LogP contribution in [0, 0.1) is 13.8 Å². The maximum absolute atomic E-state index is 13.2. The predicted octanol–water partition coefficient (Wildman–Crippen LogP) is 2.73. The van der Waals surface area contributed by atoms with Crippen molar-refractivity contribution in [2.75, 3.05) is 13.1 Å². The topological polar surface area (TPSA) is 71.4 Å². The molecular weight excluding hydrogens is 338 g/mol. The molecule has 1 fully saturated rings. The fourth-order valence-corrected chi connectivity index (χ4v) is 5.32. The van der Waals surface area contributed by atoms with E-state index in [9.17, 15) is 13.2 Å². The van der Waals surface area contributed by atoms with Crippen LogP contribution in [0.15, 0.2) is 4.90 Å². The molecule has 1 aliphatic rings. The van der Waals surface area contributed by atoms with E-state index in [1.165, 1.54) is 0 Å². The summed E-state index contributed by atoms with van der Waals surface area (Å²) in [6.07, 6.45) is 4.18. The van der Waals surface area contributed by atoms with Crippen LogP contribution in [0.5, 0.6) is 0 Å². The van der Waals surface area contributed by atoms with E-state index in [0.29, 0.717) is 30.0 Å². The van der Waals surface area contributed by atoms with Gasteiger partial charge in [0.2, 0.25) is 10.0 Å². The first-order valence-corrected chi connectivity index (χ1v) is 10.4. The van der Waals surface area contributed by atoms with E-state index in [4.69, 9.17) is 0 Å². The van der Waals surface area contributed by atoms with E-state index in [0.717, 1.165) is 25.7 Å². The first kappa shape index (κ1) is 20.0. The summed E-state index contributed by atoms with van der Waals surface area (Å²) in [6, 6.07) is 0. The third kappa shape index (κ3) is 4.26. The zero-order chi connectivity index (χ0) is 19.0. The van der Waals surface area contributed by atoms with Gasteiger partial charge in [0.1, 0.15) is 4.90 Å². The zero-order valence-corrected chi connectivity index (χ0v) is 17.1. The molecule has 0 saturated carbocycles. The van der Waals surface area contributed by atoms with Gasteiger partial charge in [-0.3, -0.25) is 4.79 Å². The molecule has 6 nitrogen and oxygen atoms in total. The van der Waals surface area contributed by atoms with Crippen molar-refractivity contribution in [1.82, 2.24) is 14.2 Å². The van der Waals surface area contributed by atoms with Crippen molar-refractivity contribution in [3.05, 3.63) is 17.0 Å². The Hall–Kier alpha value is -1.34. The van der Waals surface area contributed by atoms with Gasteiger partial charge in [0, 0.05) is 37.1 Å². The second-order valence-corrected chi connectivity index (χ2v) is 9.62. The predicted molar refractivity (Wildman–Crippen MR) is 99.3 cm³/mol. The van der Waals surface area contributed by atoms with Crippen molar-refractivity contribution < 1.29 is 13.2 Å². The summed E-state index contributed by atoms with van der Waals surface area (Å²) in [5.41, 5.74) is 0.991. The highest BCUT2D eigenvalue weighted by Crippen LogP contribution is 2.29. The van der Waals surface area contributed by atoms with Crippen LogP contribution in [0.2, 0.25) is 0 Å². The Morgan fingerprint density at radius 2 is 1.52 bits per heavy atom. The number of hydrogen-bond acceptors (Lipinski definition) is 3. The molecule has 7 heteroatoms. The van der Waals surface area contributed by atoms with Crippen LogP contribution in [-0.2, 0) is 17.1 Å². The van der Waals surface area contributed by atoms with Gasteiger partial charge in [-0.05, 0) is 47.5 Å². The van der Waals surface area contributed by atoms with E-state index in [2.05, 4.69) is 4.72 Å². The summed E-state index contributed by atoms with van der Waals surface area (Å²) in [6.45, 7) is 10.3. The third-order valence-electron chi connectivity index (χ3n) is 4.74. The number of sulfonamides is 1. The molecule has 0 aliphatic carbocycles. The fourth-order valence-electron chi connectivity index (χ4n) is 3.38. The van der Waals surface area contributed by atoms with Gasteiger partial charge in [-0.25, -0.2) is 13.1 Å². The summed E-state index contributed by atoms with van der Waals surface area (Å²) >= 11 is 0. The molecule has 1 amide bonds. The molecule has 0 aromatic carbocycles. The lowest BCUT2D eigenvalue weighted by molar-refractivity contribution is 0.0757. The van der Waals surface area contributed by atoms with Gasteiger partial charge in [-0.2, -0.15) is 0 Å². The van der Waals surface area contributed by atoms with Gasteiger partial charge in [-0.1, -0.05) is 12.8 Å². The molecule has 2 heterocycles. The van der Waals surface area contributed by atoms with Crippen LogP contribution in [0.1, 0.15) is 68.2 Å². The molecule has 1 N–H and O–H groups in total. The number of likely N-dealkylation sites (tertiary alicyclic amines) is 1. The standard InChI is InChI=1S/C18H31N3O3S/c1-13-15(17(22)21-11-9-7-8-10-12-21)16(14(2)20(13)6)25(23,24)19-18(3,4)5/h19H,7-12H2,1-6H3. The molecular formula is C18H31N3O3S. The minimum Gasteiger partial charge on any atom is -0.350 e. The van der Waals surface area contributed by atoms with Crippen molar-refractivity contribution in [2.24, 2.45) is 7.05 Å². The van der Waals surface area contributed by atoms with Gasteiger partial charge >= 0.3 is 0 Å². The van der Waals surface area contributed by atoms with Crippen LogP contribution in [0.3, 0.4) is 0 Å². The molecule has 0 bridgehead atoms. The number of aromatic nitrogens is 1. The van der Waals surface area contributed by atoms with Gasteiger partial charge < -0.3 is 9.47 Å².